The zero-order chi connectivity index (χ0) is 42.9. The maximum Gasteiger partial charge on any atom is 0.252 e. The van der Waals surface area contributed by atoms with Crippen LogP contribution in [-0.4, -0.2) is 14.8 Å². The van der Waals surface area contributed by atoms with Crippen LogP contribution >= 0.6 is 0 Å². The number of fused-ring (bicyclic) bond motifs is 12. The number of para-hydroxylation sites is 4. The van der Waals surface area contributed by atoms with Gasteiger partial charge in [0.1, 0.15) is 8.07 Å². The molecular weight excluding hydrogens is 790 g/mol. The van der Waals surface area contributed by atoms with Crippen LogP contribution in [0.1, 0.15) is 33.4 Å². The van der Waals surface area contributed by atoms with Crippen molar-refractivity contribution in [2.75, 3.05) is 14.7 Å². The molecule has 9 aromatic rings. The number of anilines is 9. The molecule has 0 radical (unpaired) electrons. The molecule has 5 heteroatoms. The van der Waals surface area contributed by atoms with Gasteiger partial charge < -0.3 is 14.7 Å². The van der Waals surface area contributed by atoms with Crippen LogP contribution in [0.2, 0.25) is 13.1 Å². The van der Waals surface area contributed by atoms with Gasteiger partial charge in [0.25, 0.3) is 6.71 Å². The first kappa shape index (κ1) is 37.2. The fourth-order valence-electron chi connectivity index (χ4n) is 12.1. The summed E-state index contributed by atoms with van der Waals surface area (Å²) < 4.78 is 0. The van der Waals surface area contributed by atoms with Crippen molar-refractivity contribution < 1.29 is 0 Å². The third kappa shape index (κ3) is 4.93. The molecule has 0 saturated carbocycles. The van der Waals surface area contributed by atoms with Crippen molar-refractivity contribution in [3.8, 4) is 0 Å². The second-order valence-corrected chi connectivity index (χ2v) is 23.0. The highest BCUT2D eigenvalue weighted by Crippen LogP contribution is 2.60. The molecule has 0 saturated heterocycles. The topological polar surface area (TPSA) is 9.72 Å². The minimum atomic E-state index is -2.09. The summed E-state index contributed by atoms with van der Waals surface area (Å²) in [5, 5.41) is 3.04. The molecule has 4 aliphatic heterocycles. The monoisotopic (exact) mass is 835 g/mol. The van der Waals surface area contributed by atoms with Crippen molar-refractivity contribution in [1.29, 1.82) is 0 Å². The van der Waals surface area contributed by atoms with E-state index in [2.05, 4.69) is 248 Å². The molecule has 0 amide bonds. The highest BCUT2D eigenvalue weighted by atomic mass is 28.3. The third-order valence-electron chi connectivity index (χ3n) is 14.8. The summed E-state index contributed by atoms with van der Waals surface area (Å²) in [5.74, 6) is 0. The molecule has 304 valence electrons. The van der Waals surface area contributed by atoms with Crippen molar-refractivity contribution in [2.24, 2.45) is 0 Å². The Bertz CT molecular complexity index is 3270. The Balaban J connectivity index is 1.19. The van der Waals surface area contributed by atoms with Crippen LogP contribution in [0.4, 0.5) is 51.2 Å². The van der Waals surface area contributed by atoms with Crippen LogP contribution in [0.3, 0.4) is 0 Å². The van der Waals surface area contributed by atoms with Gasteiger partial charge in [-0.15, -0.1) is 0 Å². The minimum absolute atomic E-state index is 0.00837. The van der Waals surface area contributed by atoms with Gasteiger partial charge in [-0.3, -0.25) is 0 Å². The summed E-state index contributed by atoms with van der Waals surface area (Å²) in [6.45, 7) is 9.51. The van der Waals surface area contributed by atoms with Gasteiger partial charge in [0, 0.05) is 39.8 Å². The number of aryl methyl sites for hydroxylation is 2. The normalized spacial score (nSPS) is 15.0. The zero-order valence-corrected chi connectivity index (χ0v) is 37.5. The van der Waals surface area contributed by atoms with Crippen LogP contribution in [0.5, 0.6) is 0 Å². The van der Waals surface area contributed by atoms with Crippen molar-refractivity contribution in [1.82, 2.24) is 0 Å². The van der Waals surface area contributed by atoms with E-state index >= 15 is 0 Å². The highest BCUT2D eigenvalue weighted by Gasteiger charge is 2.56. The molecule has 0 fully saturated rings. The second kappa shape index (κ2) is 13.6. The Morgan fingerprint density at radius 2 is 0.969 bits per heavy atom. The summed E-state index contributed by atoms with van der Waals surface area (Å²) in [4.78, 5) is 7.63. The fourth-order valence-corrected chi connectivity index (χ4v) is 15.3. The average Bonchev–Trinajstić information content (AvgIpc) is 3.33. The largest absolute Gasteiger partial charge is 0.311 e. The Morgan fingerprint density at radius 3 is 1.62 bits per heavy atom. The van der Waals surface area contributed by atoms with Gasteiger partial charge in [0.15, 0.2) is 0 Å². The lowest BCUT2D eigenvalue weighted by molar-refractivity contribution is 0.736. The molecule has 4 heterocycles. The van der Waals surface area contributed by atoms with E-state index in [1.165, 1.54) is 88.6 Å². The molecule has 0 N–H and O–H groups in total. The summed E-state index contributed by atoms with van der Waals surface area (Å²) in [6, 6.07) is 78.3. The lowest BCUT2D eigenvalue weighted by atomic mass is 9.33. The van der Waals surface area contributed by atoms with Crippen molar-refractivity contribution >= 4 is 92.7 Å². The predicted molar refractivity (Wildman–Crippen MR) is 273 cm³/mol. The fraction of sp³-hybridized carbons (Fsp3) is 0.0847. The number of benzene rings is 9. The Hall–Kier alpha value is -7.34. The maximum absolute atomic E-state index is 2.66. The maximum atomic E-state index is 2.66. The Morgan fingerprint density at radius 1 is 0.422 bits per heavy atom. The summed E-state index contributed by atoms with van der Waals surface area (Å²) >= 11 is 0. The second-order valence-electron chi connectivity index (χ2n) is 18.6. The first-order valence-electron chi connectivity index (χ1n) is 22.6. The van der Waals surface area contributed by atoms with Crippen LogP contribution in [0.25, 0.3) is 0 Å². The molecule has 0 aliphatic carbocycles. The lowest BCUT2D eigenvalue weighted by Crippen LogP contribution is -2.65. The van der Waals surface area contributed by atoms with Crippen LogP contribution < -0.4 is 41.5 Å². The van der Waals surface area contributed by atoms with E-state index in [4.69, 9.17) is 0 Å². The van der Waals surface area contributed by atoms with Gasteiger partial charge in [-0.05, 0) is 124 Å². The van der Waals surface area contributed by atoms with Crippen LogP contribution in [0, 0.1) is 13.8 Å². The summed E-state index contributed by atoms with van der Waals surface area (Å²) in [7, 11) is -2.09. The summed E-state index contributed by atoms with van der Waals surface area (Å²) in [6.07, 6.45) is 0. The number of nitrogens with zero attached hydrogens (tertiary/aromatic N) is 3. The van der Waals surface area contributed by atoms with E-state index in [9.17, 15) is 0 Å². The molecule has 0 unspecified atom stereocenters. The molecule has 0 bridgehead atoms. The van der Waals surface area contributed by atoms with E-state index in [1.54, 1.807) is 0 Å². The van der Waals surface area contributed by atoms with Gasteiger partial charge in [-0.2, -0.15) is 0 Å². The first-order valence-corrected chi connectivity index (χ1v) is 25.6. The smallest absolute Gasteiger partial charge is 0.252 e. The third-order valence-corrected chi connectivity index (χ3v) is 18.3. The van der Waals surface area contributed by atoms with E-state index in [0.29, 0.717) is 0 Å². The van der Waals surface area contributed by atoms with Crippen LogP contribution in [0.15, 0.2) is 206 Å². The molecular formula is C59H46BN3Si. The quantitative estimate of drug-likeness (QED) is 0.164. The Kier molecular flexibility index (Phi) is 7.90. The Labute approximate surface area is 377 Å². The van der Waals surface area contributed by atoms with Gasteiger partial charge in [-0.1, -0.05) is 170 Å². The predicted octanol–water partition coefficient (Wildman–Crippen LogP) is 11.7. The number of hydrogen-bond donors (Lipinski definition) is 0. The average molecular weight is 836 g/mol. The molecule has 3 nitrogen and oxygen atoms in total. The standard InChI is InChI=1S/C59H46BN3Si/c1-39-30-33-43(34-31-39)62-52-35-32-40(2)36-50(52)60-49-26-17-25-48-58(49)63(54-38-44(37-53(62)57(54)60)61(41-18-7-5-8-19-41)42-20-9-6-10-21-42)51-27-14-11-22-45(51)59(48)46-23-12-15-28-55(46)64(3,4)56-29-16-13-24-47(56)59/h5-38H,1-4H3. The summed E-state index contributed by atoms with van der Waals surface area (Å²) in [5.41, 5.74) is 22.2. The molecule has 0 atom stereocenters. The lowest BCUT2D eigenvalue weighted by Gasteiger charge is -2.54. The van der Waals surface area contributed by atoms with Gasteiger partial charge in [-0.25, -0.2) is 0 Å². The van der Waals surface area contributed by atoms with E-state index in [1.807, 2.05) is 0 Å². The van der Waals surface area contributed by atoms with Crippen molar-refractivity contribution in [3.05, 3.63) is 240 Å². The van der Waals surface area contributed by atoms with Gasteiger partial charge >= 0.3 is 0 Å². The molecule has 9 aromatic carbocycles. The molecule has 1 spiro atoms. The first-order chi connectivity index (χ1) is 31.4. The SMILES string of the molecule is Cc1ccc(N2c3ccc(C)cc3B3c4cccc5c4N(c4ccccc4C54c5ccccc5[Si](C)(C)c5ccccc54)c4cc(N(c5ccccc5)c5ccccc5)cc2c43)cc1. The zero-order valence-electron chi connectivity index (χ0n) is 36.5. The van der Waals surface area contributed by atoms with E-state index in [0.717, 1.165) is 22.7 Å². The van der Waals surface area contributed by atoms with Crippen molar-refractivity contribution in [3.63, 3.8) is 0 Å². The van der Waals surface area contributed by atoms with Crippen LogP contribution in [-0.2, 0) is 5.41 Å². The molecule has 64 heavy (non-hydrogen) atoms. The number of rotatable bonds is 4. The number of hydrogen-bond acceptors (Lipinski definition) is 3. The van der Waals surface area contributed by atoms with E-state index in [-0.39, 0.29) is 6.71 Å². The highest BCUT2D eigenvalue weighted by molar-refractivity contribution is 7.02. The molecule has 0 aromatic heterocycles. The van der Waals surface area contributed by atoms with E-state index < -0.39 is 13.5 Å². The minimum Gasteiger partial charge on any atom is -0.311 e. The van der Waals surface area contributed by atoms with Gasteiger partial charge in [0.2, 0.25) is 0 Å². The van der Waals surface area contributed by atoms with Crippen molar-refractivity contribution in [2.45, 2.75) is 32.4 Å². The molecule has 13 rings (SSSR count). The van der Waals surface area contributed by atoms with Gasteiger partial charge in [0.05, 0.1) is 16.8 Å². The molecule has 4 aliphatic rings.